The molecule has 0 spiro atoms. The minimum absolute atomic E-state index is 0.181. The van der Waals surface area contributed by atoms with Gasteiger partial charge in [0, 0.05) is 13.1 Å². The van der Waals surface area contributed by atoms with Gasteiger partial charge >= 0.3 is 0 Å². The SMILES string of the molecule is CC(Sc1nncn1Cc1ccco1)C(=O)N1CCC(Cc2ccccc2)CC1. The molecule has 2 aromatic heterocycles. The molecule has 0 radical (unpaired) electrons. The maximum atomic E-state index is 12.9. The predicted octanol–water partition coefficient (Wildman–Crippen LogP) is 3.88. The van der Waals surface area contributed by atoms with Crippen LogP contribution in [0.3, 0.4) is 0 Å². The summed E-state index contributed by atoms with van der Waals surface area (Å²) in [6, 6.07) is 14.4. The lowest BCUT2D eigenvalue weighted by Gasteiger charge is -2.33. The van der Waals surface area contributed by atoms with Crippen LogP contribution < -0.4 is 0 Å². The number of furan rings is 1. The van der Waals surface area contributed by atoms with Crippen molar-refractivity contribution in [3.8, 4) is 0 Å². The van der Waals surface area contributed by atoms with Crippen molar-refractivity contribution in [3.05, 3.63) is 66.4 Å². The third-order valence-corrected chi connectivity index (χ3v) is 6.49. The van der Waals surface area contributed by atoms with Crippen LogP contribution in [0.1, 0.15) is 31.1 Å². The van der Waals surface area contributed by atoms with E-state index in [4.69, 9.17) is 4.42 Å². The maximum absolute atomic E-state index is 12.9. The molecule has 3 heterocycles. The number of thioether (sulfide) groups is 1. The van der Waals surface area contributed by atoms with E-state index in [1.807, 2.05) is 28.5 Å². The highest BCUT2D eigenvalue weighted by Gasteiger charge is 2.27. The molecule has 4 rings (SSSR count). The normalized spacial score (nSPS) is 16.1. The van der Waals surface area contributed by atoms with Crippen molar-refractivity contribution in [1.82, 2.24) is 19.7 Å². The number of hydrogen-bond acceptors (Lipinski definition) is 5. The number of carbonyl (C=O) groups excluding carboxylic acids is 1. The van der Waals surface area contributed by atoms with Gasteiger partial charge in [-0.1, -0.05) is 42.1 Å². The van der Waals surface area contributed by atoms with E-state index < -0.39 is 0 Å². The third-order valence-electron chi connectivity index (χ3n) is 5.41. The monoisotopic (exact) mass is 410 g/mol. The van der Waals surface area contributed by atoms with Gasteiger partial charge in [-0.05, 0) is 49.8 Å². The molecule has 152 valence electrons. The van der Waals surface area contributed by atoms with E-state index in [0.29, 0.717) is 12.5 Å². The highest BCUT2D eigenvalue weighted by Crippen LogP contribution is 2.26. The second-order valence-corrected chi connectivity index (χ2v) is 8.85. The molecule has 1 atom stereocenters. The Morgan fingerprint density at radius 1 is 1.21 bits per heavy atom. The number of aromatic nitrogens is 3. The fraction of sp³-hybridized carbons (Fsp3) is 0.409. The van der Waals surface area contributed by atoms with E-state index in [1.165, 1.54) is 17.3 Å². The topological polar surface area (TPSA) is 64.2 Å². The number of benzene rings is 1. The number of likely N-dealkylation sites (tertiary alicyclic amines) is 1. The first-order chi connectivity index (χ1) is 14.2. The molecule has 0 bridgehead atoms. The van der Waals surface area contributed by atoms with Gasteiger partial charge in [-0.3, -0.25) is 4.79 Å². The Hall–Kier alpha value is -2.54. The van der Waals surface area contributed by atoms with Gasteiger partial charge in [0.25, 0.3) is 0 Å². The van der Waals surface area contributed by atoms with Crippen LogP contribution in [-0.2, 0) is 17.8 Å². The molecular weight excluding hydrogens is 384 g/mol. The molecule has 3 aromatic rings. The minimum Gasteiger partial charge on any atom is -0.467 e. The minimum atomic E-state index is -0.194. The molecule has 0 N–H and O–H groups in total. The molecule has 1 aliphatic rings. The van der Waals surface area contributed by atoms with E-state index in [9.17, 15) is 4.79 Å². The first kappa shape index (κ1) is 19.8. The third kappa shape index (κ3) is 5.09. The summed E-state index contributed by atoms with van der Waals surface area (Å²) in [5.41, 5.74) is 1.39. The van der Waals surface area contributed by atoms with Crippen molar-refractivity contribution in [2.24, 2.45) is 5.92 Å². The summed E-state index contributed by atoms with van der Waals surface area (Å²) in [6.07, 6.45) is 6.56. The summed E-state index contributed by atoms with van der Waals surface area (Å²) >= 11 is 1.46. The molecule has 29 heavy (non-hydrogen) atoms. The molecule has 6 nitrogen and oxygen atoms in total. The molecule has 7 heteroatoms. The first-order valence-corrected chi connectivity index (χ1v) is 11.0. The van der Waals surface area contributed by atoms with E-state index in [0.717, 1.165) is 43.3 Å². The van der Waals surface area contributed by atoms with Gasteiger partial charge < -0.3 is 13.9 Å². The fourth-order valence-electron chi connectivity index (χ4n) is 3.79. The van der Waals surface area contributed by atoms with Crippen molar-refractivity contribution >= 4 is 17.7 Å². The van der Waals surface area contributed by atoms with Crippen LogP contribution in [0.5, 0.6) is 0 Å². The van der Waals surface area contributed by atoms with Gasteiger partial charge in [0.2, 0.25) is 5.91 Å². The Balaban J connectivity index is 1.29. The van der Waals surface area contributed by atoms with Crippen LogP contribution in [0, 0.1) is 5.92 Å². The Kier molecular flexibility index (Phi) is 6.34. The molecule has 0 saturated carbocycles. The van der Waals surface area contributed by atoms with Crippen LogP contribution in [0.25, 0.3) is 0 Å². The van der Waals surface area contributed by atoms with Crippen LogP contribution in [0.2, 0.25) is 0 Å². The highest BCUT2D eigenvalue weighted by molar-refractivity contribution is 8.00. The molecule has 1 amide bonds. The smallest absolute Gasteiger partial charge is 0.235 e. The quantitative estimate of drug-likeness (QED) is 0.553. The van der Waals surface area contributed by atoms with Gasteiger partial charge in [-0.25, -0.2) is 0 Å². The zero-order valence-corrected chi connectivity index (χ0v) is 17.4. The summed E-state index contributed by atoms with van der Waals surface area (Å²) in [5, 5.41) is 8.73. The lowest BCUT2D eigenvalue weighted by Crippen LogP contribution is -2.42. The Labute approximate surface area is 175 Å². The zero-order valence-electron chi connectivity index (χ0n) is 16.6. The van der Waals surface area contributed by atoms with E-state index >= 15 is 0 Å². The fourth-order valence-corrected chi connectivity index (χ4v) is 4.69. The first-order valence-electron chi connectivity index (χ1n) is 10.1. The predicted molar refractivity (Wildman–Crippen MR) is 113 cm³/mol. The molecule has 1 fully saturated rings. The number of rotatable bonds is 7. The van der Waals surface area contributed by atoms with E-state index in [1.54, 1.807) is 12.6 Å². The Bertz CT molecular complexity index is 902. The Morgan fingerprint density at radius 3 is 2.72 bits per heavy atom. The number of piperidine rings is 1. The largest absolute Gasteiger partial charge is 0.467 e. The van der Waals surface area contributed by atoms with Crippen LogP contribution >= 0.6 is 11.8 Å². The van der Waals surface area contributed by atoms with Crippen molar-refractivity contribution in [3.63, 3.8) is 0 Å². The average Bonchev–Trinajstić information content (AvgIpc) is 3.42. The Morgan fingerprint density at radius 2 is 2.00 bits per heavy atom. The van der Waals surface area contributed by atoms with Gasteiger partial charge in [-0.15, -0.1) is 10.2 Å². The molecule has 1 aromatic carbocycles. The van der Waals surface area contributed by atoms with Gasteiger partial charge in [-0.2, -0.15) is 0 Å². The number of hydrogen-bond donors (Lipinski definition) is 0. The van der Waals surface area contributed by atoms with Gasteiger partial charge in [0.05, 0.1) is 18.1 Å². The van der Waals surface area contributed by atoms with Gasteiger partial charge in [0.1, 0.15) is 12.1 Å². The second kappa shape index (κ2) is 9.31. The maximum Gasteiger partial charge on any atom is 0.235 e. The standard InChI is InChI=1S/C22H26N4O2S/c1-17(29-22-24-23-16-26(22)15-20-8-5-13-28-20)21(27)25-11-9-19(10-12-25)14-18-6-3-2-4-7-18/h2-8,13,16-17,19H,9-12,14-15H2,1H3. The number of carbonyl (C=O) groups is 1. The van der Waals surface area contributed by atoms with Crippen LogP contribution in [0.15, 0.2) is 64.6 Å². The summed E-state index contributed by atoms with van der Waals surface area (Å²) in [7, 11) is 0. The zero-order chi connectivity index (χ0) is 20.1. The van der Waals surface area contributed by atoms with Crippen LogP contribution in [0.4, 0.5) is 0 Å². The van der Waals surface area contributed by atoms with E-state index in [-0.39, 0.29) is 11.2 Å². The summed E-state index contributed by atoms with van der Waals surface area (Å²) < 4.78 is 7.32. The molecule has 0 aliphatic carbocycles. The van der Waals surface area contributed by atoms with Gasteiger partial charge in [0.15, 0.2) is 5.16 Å². The molecule has 1 unspecified atom stereocenters. The number of amides is 1. The molecule has 1 saturated heterocycles. The molecular formula is C22H26N4O2S. The van der Waals surface area contributed by atoms with E-state index in [2.05, 4.69) is 40.5 Å². The summed E-state index contributed by atoms with van der Waals surface area (Å²) in [4.78, 5) is 15.0. The lowest BCUT2D eigenvalue weighted by atomic mass is 9.90. The average molecular weight is 411 g/mol. The summed E-state index contributed by atoms with van der Waals surface area (Å²) in [6.45, 7) is 4.18. The molecule has 1 aliphatic heterocycles. The lowest BCUT2D eigenvalue weighted by molar-refractivity contribution is -0.131. The van der Waals surface area contributed by atoms with Crippen molar-refractivity contribution in [2.75, 3.05) is 13.1 Å². The van der Waals surface area contributed by atoms with Crippen molar-refractivity contribution < 1.29 is 9.21 Å². The number of nitrogens with zero attached hydrogens (tertiary/aromatic N) is 4. The summed E-state index contributed by atoms with van der Waals surface area (Å²) in [5.74, 6) is 1.67. The van der Waals surface area contributed by atoms with Crippen molar-refractivity contribution in [2.45, 2.75) is 43.1 Å². The van der Waals surface area contributed by atoms with Crippen molar-refractivity contribution in [1.29, 1.82) is 0 Å². The second-order valence-electron chi connectivity index (χ2n) is 7.54. The van der Waals surface area contributed by atoms with Crippen LogP contribution in [-0.4, -0.2) is 43.9 Å². The highest BCUT2D eigenvalue weighted by atomic mass is 32.2.